The van der Waals surface area contributed by atoms with Gasteiger partial charge in [0.1, 0.15) is 0 Å². The summed E-state index contributed by atoms with van der Waals surface area (Å²) in [6.07, 6.45) is 1.18. The summed E-state index contributed by atoms with van der Waals surface area (Å²) in [5.41, 5.74) is 3.72. The molecule has 2 heterocycles. The molecule has 0 radical (unpaired) electrons. The molecule has 0 saturated heterocycles. The molecule has 1 aliphatic heterocycles. The summed E-state index contributed by atoms with van der Waals surface area (Å²) in [4.78, 5) is 9.75. The van der Waals surface area contributed by atoms with Crippen molar-refractivity contribution in [3.63, 3.8) is 0 Å². The van der Waals surface area contributed by atoms with Gasteiger partial charge in [-0.1, -0.05) is 6.07 Å². The van der Waals surface area contributed by atoms with Crippen molar-refractivity contribution in [3.05, 3.63) is 77.4 Å². The molecule has 0 unspecified atom stereocenters. The van der Waals surface area contributed by atoms with Crippen LogP contribution in [-0.4, -0.2) is 69.4 Å². The molecule has 5 rings (SSSR count). The van der Waals surface area contributed by atoms with E-state index in [9.17, 15) is 18.8 Å². The fourth-order valence-corrected chi connectivity index (χ4v) is 5.32. The molecule has 3 aromatic carbocycles. The van der Waals surface area contributed by atoms with Crippen molar-refractivity contribution in [1.29, 1.82) is 5.26 Å². The Morgan fingerprint density at radius 1 is 1.05 bits per heavy atom. The molecule has 0 atom stereocenters. The Bertz CT molecular complexity index is 1720. The molecule has 39 heavy (non-hydrogen) atoms. The number of aromatic nitrogens is 1. The first-order chi connectivity index (χ1) is 18.6. The number of rotatable bonds is 8. The van der Waals surface area contributed by atoms with Gasteiger partial charge in [-0.15, -0.1) is 0 Å². The molecule has 11 heteroatoms. The van der Waals surface area contributed by atoms with E-state index in [1.54, 1.807) is 54.6 Å². The second-order valence-corrected chi connectivity index (χ2v) is 11.3. The molecule has 200 valence electrons. The van der Waals surface area contributed by atoms with Gasteiger partial charge in [-0.05, 0) is 68.7 Å². The highest BCUT2D eigenvalue weighted by Gasteiger charge is 2.22. The third kappa shape index (κ3) is 5.38. The second kappa shape index (κ2) is 10.3. The van der Waals surface area contributed by atoms with Crippen LogP contribution in [0.2, 0.25) is 0 Å². The quantitative estimate of drug-likeness (QED) is 0.320. The predicted molar refractivity (Wildman–Crippen MR) is 150 cm³/mol. The average Bonchev–Trinajstić information content (AvgIpc) is 3.49. The zero-order valence-corrected chi connectivity index (χ0v) is 22.5. The molecule has 0 aliphatic carbocycles. The van der Waals surface area contributed by atoms with Crippen LogP contribution in [0.1, 0.15) is 16.7 Å². The number of hydrogen-bond donors (Lipinski definition) is 2. The van der Waals surface area contributed by atoms with Crippen LogP contribution in [0.5, 0.6) is 17.4 Å². The summed E-state index contributed by atoms with van der Waals surface area (Å²) in [7, 11) is 0.288. The number of aromatic amines is 1. The lowest BCUT2D eigenvalue weighted by Gasteiger charge is -2.24. The molecule has 1 aromatic heterocycles. The van der Waals surface area contributed by atoms with Gasteiger partial charge in [-0.25, -0.2) is 13.4 Å². The first-order valence-electron chi connectivity index (χ1n) is 12.1. The Balaban J connectivity index is 1.61. The first kappa shape index (κ1) is 26.1. The summed E-state index contributed by atoms with van der Waals surface area (Å²) in [6, 6.07) is 19.5. The largest absolute Gasteiger partial charge is 0.494 e. The van der Waals surface area contributed by atoms with Crippen LogP contribution < -0.4 is 13.8 Å². The van der Waals surface area contributed by atoms with Gasteiger partial charge in [0.05, 0.1) is 46.1 Å². The number of benzene rings is 3. The van der Waals surface area contributed by atoms with Crippen LogP contribution in [0.4, 0.5) is 11.4 Å². The predicted octanol–water partition coefficient (Wildman–Crippen LogP) is 3.97. The number of anilines is 1. The zero-order chi connectivity index (χ0) is 27.7. The van der Waals surface area contributed by atoms with Crippen molar-refractivity contribution in [2.75, 3.05) is 44.5 Å². The molecule has 2 N–H and O–H groups in total. The van der Waals surface area contributed by atoms with Gasteiger partial charge in [0, 0.05) is 24.0 Å². The average molecular weight is 546 g/mol. The van der Waals surface area contributed by atoms with E-state index >= 15 is 0 Å². The number of nitrogens with zero attached hydrogens (tertiary/aromatic N) is 4. The van der Waals surface area contributed by atoms with E-state index in [0.717, 1.165) is 0 Å². The van der Waals surface area contributed by atoms with E-state index in [2.05, 4.69) is 11.1 Å². The maximum Gasteiger partial charge on any atom is 0.232 e. The van der Waals surface area contributed by atoms with Crippen LogP contribution >= 0.6 is 0 Å². The van der Waals surface area contributed by atoms with Crippen molar-refractivity contribution in [2.45, 2.75) is 0 Å². The van der Waals surface area contributed by atoms with Gasteiger partial charge in [0.15, 0.2) is 17.4 Å². The minimum atomic E-state index is -3.48. The highest BCUT2D eigenvalue weighted by molar-refractivity contribution is 7.92. The Morgan fingerprint density at radius 3 is 2.49 bits per heavy atom. The third-order valence-electron chi connectivity index (χ3n) is 6.32. The molecule has 0 fully saturated rings. The maximum atomic E-state index is 12.5. The van der Waals surface area contributed by atoms with Crippen molar-refractivity contribution in [3.8, 4) is 23.4 Å². The normalized spacial score (nSPS) is 13.2. The number of H-pyrrole nitrogens is 1. The lowest BCUT2D eigenvalue weighted by molar-refractivity contribution is 0.174. The zero-order valence-electron chi connectivity index (χ0n) is 21.7. The maximum absolute atomic E-state index is 12.5. The molecule has 0 amide bonds. The number of sulfonamides is 1. The van der Waals surface area contributed by atoms with Gasteiger partial charge in [-0.3, -0.25) is 4.31 Å². The van der Waals surface area contributed by atoms with Gasteiger partial charge in [-0.2, -0.15) is 5.26 Å². The van der Waals surface area contributed by atoms with E-state index in [-0.39, 0.29) is 12.7 Å². The van der Waals surface area contributed by atoms with Crippen molar-refractivity contribution < 1.29 is 23.0 Å². The van der Waals surface area contributed by atoms with Crippen molar-refractivity contribution in [1.82, 2.24) is 9.88 Å². The summed E-state index contributed by atoms with van der Waals surface area (Å²) in [6.45, 7) is 0.992. The minimum Gasteiger partial charge on any atom is -0.494 e. The molecule has 10 nitrogen and oxygen atoms in total. The smallest absolute Gasteiger partial charge is 0.232 e. The summed E-state index contributed by atoms with van der Waals surface area (Å²) in [5.74, 6) is 1.08. The van der Waals surface area contributed by atoms with E-state index < -0.39 is 10.0 Å². The second-order valence-electron chi connectivity index (χ2n) is 9.40. The van der Waals surface area contributed by atoms with E-state index in [1.165, 1.54) is 10.6 Å². The molecule has 4 aromatic rings. The highest BCUT2D eigenvalue weighted by atomic mass is 32.2. The topological polar surface area (TPSA) is 131 Å². The fourth-order valence-electron chi connectivity index (χ4n) is 4.40. The van der Waals surface area contributed by atoms with Crippen LogP contribution in [0, 0.1) is 11.3 Å². The standard InChI is InChI=1S/C28H27N5O5S/c1-32(2)12-13-33(39(3,35)36)21-8-6-20(7-9-21)30-27(19-5-11-24-25(15-19)38-17-37-24)26-22-10-4-18(16-29)14-23(22)31-28(26)34/h4-11,14-15,31,34H,12-13,17H2,1-3H3. The van der Waals surface area contributed by atoms with Crippen molar-refractivity contribution in [2.24, 2.45) is 4.99 Å². The third-order valence-corrected chi connectivity index (χ3v) is 7.51. The number of aromatic hydroxyl groups is 1. The molecule has 0 spiro atoms. The first-order valence-corrected chi connectivity index (χ1v) is 14.0. The summed E-state index contributed by atoms with van der Waals surface area (Å²) >= 11 is 0. The van der Waals surface area contributed by atoms with Gasteiger partial charge >= 0.3 is 0 Å². The molecular weight excluding hydrogens is 518 g/mol. The van der Waals surface area contributed by atoms with Crippen LogP contribution in [0.3, 0.4) is 0 Å². The Kier molecular flexibility index (Phi) is 6.91. The summed E-state index contributed by atoms with van der Waals surface area (Å²) in [5, 5.41) is 20.9. The van der Waals surface area contributed by atoms with Gasteiger partial charge in [0.2, 0.25) is 16.8 Å². The van der Waals surface area contributed by atoms with E-state index in [1.807, 2.05) is 25.1 Å². The number of fused-ring (bicyclic) bond motifs is 2. The minimum absolute atomic E-state index is 0.0972. The highest BCUT2D eigenvalue weighted by Crippen LogP contribution is 2.37. The number of nitrogens with one attached hydrogen (secondary N) is 1. The molecule has 0 saturated carbocycles. The lowest BCUT2D eigenvalue weighted by Crippen LogP contribution is -2.35. The van der Waals surface area contributed by atoms with Gasteiger partial charge in [0.25, 0.3) is 0 Å². The van der Waals surface area contributed by atoms with Crippen LogP contribution in [0.15, 0.2) is 65.7 Å². The molecular formula is C28H27N5O5S. The number of nitriles is 1. The number of hydrogen-bond acceptors (Lipinski definition) is 8. The fraction of sp³-hybridized carbons (Fsp3) is 0.214. The van der Waals surface area contributed by atoms with Crippen LogP contribution in [0.25, 0.3) is 10.9 Å². The van der Waals surface area contributed by atoms with Crippen molar-refractivity contribution >= 4 is 38.0 Å². The Hall–Kier alpha value is -4.53. The van der Waals surface area contributed by atoms with E-state index in [4.69, 9.17) is 14.5 Å². The SMILES string of the molecule is CN(C)CCN(c1ccc(N=C(c2ccc3c(c2)OCO3)c2c(O)[nH]c3cc(C#N)ccc23)cc1)S(C)(=O)=O. The van der Waals surface area contributed by atoms with E-state index in [0.29, 0.717) is 69.3 Å². The Labute approximate surface area is 226 Å². The summed E-state index contributed by atoms with van der Waals surface area (Å²) < 4.78 is 37.3. The number of ether oxygens (including phenoxy) is 2. The number of likely N-dealkylation sites (N-methyl/N-ethyl adjacent to an activating group) is 1. The molecule has 1 aliphatic rings. The Morgan fingerprint density at radius 2 is 1.79 bits per heavy atom. The number of aliphatic imine (C=N–C) groups is 1. The lowest BCUT2D eigenvalue weighted by atomic mass is 9.99. The van der Waals surface area contributed by atoms with Gasteiger partial charge < -0.3 is 24.5 Å². The molecule has 0 bridgehead atoms. The van der Waals surface area contributed by atoms with Crippen LogP contribution in [-0.2, 0) is 10.0 Å². The monoisotopic (exact) mass is 545 g/mol.